The largest absolute Gasteiger partial charge is 0.379 e. The predicted molar refractivity (Wildman–Crippen MR) is 104 cm³/mol. The number of carbonyl (C=O) groups is 1. The van der Waals surface area contributed by atoms with Gasteiger partial charge in [0.15, 0.2) is 5.84 Å². The van der Waals surface area contributed by atoms with Gasteiger partial charge in [0.25, 0.3) is 0 Å². The monoisotopic (exact) mass is 402 g/mol. The minimum absolute atomic E-state index is 0.00772. The number of hydrogen-bond acceptors (Lipinski definition) is 6. The lowest BCUT2D eigenvalue weighted by Gasteiger charge is -2.29. The van der Waals surface area contributed by atoms with Gasteiger partial charge in [-0.15, -0.1) is 0 Å². The van der Waals surface area contributed by atoms with E-state index in [4.69, 9.17) is 10.6 Å². The molecule has 2 aromatic rings. The van der Waals surface area contributed by atoms with Crippen LogP contribution in [0.15, 0.2) is 58.7 Å². The average Bonchev–Trinajstić information content (AvgIpc) is 2.73. The predicted octanol–water partition coefficient (Wildman–Crippen LogP) is 1.65. The first-order valence-corrected chi connectivity index (χ1v) is 10.3. The number of carbonyl (C=O) groups excluding carboxylic acids is 1. The molecule has 148 valence electrons. The molecule has 0 amide bonds. The van der Waals surface area contributed by atoms with Crippen molar-refractivity contribution in [3.05, 3.63) is 59.9 Å². The van der Waals surface area contributed by atoms with Gasteiger partial charge in [0.05, 0.1) is 10.8 Å². The maximum absolute atomic E-state index is 12.7. The van der Waals surface area contributed by atoms with Gasteiger partial charge in [-0.05, 0) is 44.0 Å². The minimum atomic E-state index is -3.56. The molecule has 0 bridgehead atoms. The van der Waals surface area contributed by atoms with Gasteiger partial charge >= 0.3 is 5.97 Å². The molecule has 1 aromatic carbocycles. The number of amidine groups is 1. The van der Waals surface area contributed by atoms with E-state index in [-0.39, 0.29) is 23.8 Å². The molecule has 3 rings (SSSR count). The smallest absolute Gasteiger partial charge is 0.338 e. The third kappa shape index (κ3) is 4.55. The average molecular weight is 402 g/mol. The van der Waals surface area contributed by atoms with Crippen LogP contribution in [-0.2, 0) is 19.7 Å². The first kappa shape index (κ1) is 20.0. The van der Waals surface area contributed by atoms with Crippen LogP contribution in [0.4, 0.5) is 0 Å². The van der Waals surface area contributed by atoms with Gasteiger partial charge in [0.1, 0.15) is 5.69 Å². The summed E-state index contributed by atoms with van der Waals surface area (Å²) < 4.78 is 26.8. The molecule has 0 atom stereocenters. The molecule has 1 aliphatic rings. The molecule has 0 radical (unpaired) electrons. The lowest BCUT2D eigenvalue weighted by Crippen LogP contribution is -2.40. The molecule has 0 spiro atoms. The third-order valence-corrected chi connectivity index (χ3v) is 6.52. The number of aromatic nitrogens is 1. The highest BCUT2D eigenvalue weighted by atomic mass is 32.2. The highest BCUT2D eigenvalue weighted by Crippen LogP contribution is 2.25. The Morgan fingerprint density at radius 2 is 1.86 bits per heavy atom. The third-order valence-electron chi connectivity index (χ3n) is 4.61. The van der Waals surface area contributed by atoms with Gasteiger partial charge < -0.3 is 10.6 Å². The lowest BCUT2D eigenvalue weighted by atomic mass is 9.99. The van der Waals surface area contributed by atoms with Crippen molar-refractivity contribution in [2.24, 2.45) is 16.8 Å². The van der Waals surface area contributed by atoms with Crippen LogP contribution in [0.1, 0.15) is 24.1 Å². The molecule has 0 saturated carbocycles. The topological polar surface area (TPSA) is 115 Å². The van der Waals surface area contributed by atoms with E-state index >= 15 is 0 Å². The Morgan fingerprint density at radius 1 is 1.18 bits per heavy atom. The highest BCUT2D eigenvalue weighted by molar-refractivity contribution is 7.89. The molecule has 0 aliphatic carbocycles. The fourth-order valence-electron chi connectivity index (χ4n) is 2.92. The van der Waals surface area contributed by atoms with Crippen molar-refractivity contribution < 1.29 is 18.0 Å². The van der Waals surface area contributed by atoms with E-state index in [2.05, 4.69) is 10.1 Å². The summed E-state index contributed by atoms with van der Waals surface area (Å²) in [5, 5.41) is 3.64. The Labute approximate surface area is 164 Å². The molecule has 9 heteroatoms. The molecule has 1 aliphatic heterocycles. The first-order valence-electron chi connectivity index (χ1n) is 8.90. The van der Waals surface area contributed by atoms with Crippen LogP contribution in [0.5, 0.6) is 0 Å². The molecule has 2 N–H and O–H groups in total. The van der Waals surface area contributed by atoms with Gasteiger partial charge in [-0.2, -0.15) is 4.31 Å². The second kappa shape index (κ2) is 8.49. The lowest BCUT2D eigenvalue weighted by molar-refractivity contribution is -0.149. The van der Waals surface area contributed by atoms with E-state index in [9.17, 15) is 13.2 Å². The molecule has 1 fully saturated rings. The van der Waals surface area contributed by atoms with Crippen LogP contribution in [0.25, 0.3) is 0 Å². The van der Waals surface area contributed by atoms with Crippen LogP contribution < -0.4 is 5.73 Å². The van der Waals surface area contributed by atoms with Crippen molar-refractivity contribution >= 4 is 21.8 Å². The maximum Gasteiger partial charge on any atom is 0.338 e. The van der Waals surface area contributed by atoms with E-state index < -0.39 is 21.9 Å². The standard InChI is InChI=1S/C19H22N4O4S/c1-14-5-7-16(8-6-14)28(25,26)23-12-9-15(10-13-23)19(24)27-22-18(20)17-4-2-3-11-21-17/h2-8,11,15H,9-10,12-13H2,1H3,(H2,20,22). The zero-order valence-corrected chi connectivity index (χ0v) is 16.3. The van der Waals surface area contributed by atoms with E-state index in [1.165, 1.54) is 4.31 Å². The Bertz CT molecular complexity index is 951. The van der Waals surface area contributed by atoms with Crippen molar-refractivity contribution in [3.8, 4) is 0 Å². The number of piperidine rings is 1. The van der Waals surface area contributed by atoms with E-state index in [1.807, 2.05) is 6.92 Å². The Kier molecular flexibility index (Phi) is 6.05. The number of sulfonamides is 1. The molecular formula is C19H22N4O4S. The Morgan fingerprint density at radius 3 is 2.46 bits per heavy atom. The summed E-state index contributed by atoms with van der Waals surface area (Å²) in [5.74, 6) is -0.940. The van der Waals surface area contributed by atoms with Gasteiger partial charge in [-0.3, -0.25) is 4.98 Å². The molecular weight excluding hydrogens is 380 g/mol. The number of benzene rings is 1. The number of hydrogen-bond donors (Lipinski definition) is 1. The van der Waals surface area contributed by atoms with Gasteiger partial charge in [0, 0.05) is 19.3 Å². The number of oxime groups is 1. The van der Waals surface area contributed by atoms with Crippen LogP contribution >= 0.6 is 0 Å². The summed E-state index contributed by atoms with van der Waals surface area (Å²) in [6, 6.07) is 11.9. The van der Waals surface area contributed by atoms with Crippen molar-refractivity contribution in [3.63, 3.8) is 0 Å². The van der Waals surface area contributed by atoms with Crippen molar-refractivity contribution in [1.29, 1.82) is 0 Å². The fourth-order valence-corrected chi connectivity index (χ4v) is 4.39. The van der Waals surface area contributed by atoms with Crippen LogP contribution in [0.2, 0.25) is 0 Å². The van der Waals surface area contributed by atoms with Crippen LogP contribution in [0, 0.1) is 12.8 Å². The highest BCUT2D eigenvalue weighted by Gasteiger charge is 2.33. The number of pyridine rings is 1. The van der Waals surface area contributed by atoms with E-state index in [0.717, 1.165) is 5.56 Å². The van der Waals surface area contributed by atoms with E-state index in [0.29, 0.717) is 18.5 Å². The molecule has 8 nitrogen and oxygen atoms in total. The normalized spacial score (nSPS) is 16.7. The number of rotatable bonds is 5. The van der Waals surface area contributed by atoms with Gasteiger partial charge in [0.2, 0.25) is 10.0 Å². The quantitative estimate of drug-likeness (QED) is 0.352. The van der Waals surface area contributed by atoms with Crippen molar-refractivity contribution in [2.75, 3.05) is 13.1 Å². The summed E-state index contributed by atoms with van der Waals surface area (Å²) >= 11 is 0. The molecule has 28 heavy (non-hydrogen) atoms. The minimum Gasteiger partial charge on any atom is -0.379 e. The number of aryl methyl sites for hydroxylation is 1. The molecule has 1 saturated heterocycles. The number of nitrogens with two attached hydrogens (primary N) is 1. The molecule has 2 heterocycles. The fraction of sp³-hybridized carbons (Fsp3) is 0.316. The maximum atomic E-state index is 12.7. The van der Waals surface area contributed by atoms with Crippen LogP contribution in [-0.4, -0.2) is 42.6 Å². The van der Waals surface area contributed by atoms with Gasteiger partial charge in [-0.1, -0.05) is 28.9 Å². The van der Waals surface area contributed by atoms with Crippen molar-refractivity contribution in [1.82, 2.24) is 9.29 Å². The second-order valence-corrected chi connectivity index (χ2v) is 8.53. The summed E-state index contributed by atoms with van der Waals surface area (Å²) in [4.78, 5) is 21.4. The summed E-state index contributed by atoms with van der Waals surface area (Å²) in [7, 11) is -3.56. The second-order valence-electron chi connectivity index (χ2n) is 6.59. The number of nitrogens with zero attached hydrogens (tertiary/aromatic N) is 3. The zero-order valence-electron chi connectivity index (χ0n) is 15.5. The zero-order chi connectivity index (χ0) is 20.1. The van der Waals surface area contributed by atoms with Crippen molar-refractivity contribution in [2.45, 2.75) is 24.7 Å². The Hall–Kier alpha value is -2.78. The van der Waals surface area contributed by atoms with Gasteiger partial charge in [-0.25, -0.2) is 13.2 Å². The first-order chi connectivity index (χ1) is 13.4. The SMILES string of the molecule is Cc1ccc(S(=O)(=O)N2CCC(C(=O)O/N=C(\N)c3ccccn3)CC2)cc1. The summed E-state index contributed by atoms with van der Waals surface area (Å²) in [5.41, 5.74) is 7.15. The summed E-state index contributed by atoms with van der Waals surface area (Å²) in [6.07, 6.45) is 2.29. The summed E-state index contributed by atoms with van der Waals surface area (Å²) in [6.45, 7) is 2.39. The molecule has 1 aromatic heterocycles. The Balaban J connectivity index is 1.57. The molecule has 0 unspecified atom stereocenters. The van der Waals surface area contributed by atoms with Crippen LogP contribution in [0.3, 0.4) is 0 Å². The van der Waals surface area contributed by atoms with E-state index in [1.54, 1.807) is 48.7 Å².